The summed E-state index contributed by atoms with van der Waals surface area (Å²) >= 11 is 0. The van der Waals surface area contributed by atoms with Crippen molar-refractivity contribution in [3.63, 3.8) is 0 Å². The van der Waals surface area contributed by atoms with Crippen molar-refractivity contribution in [3.8, 4) is 17.2 Å². The molecule has 1 N–H and O–H groups in total. The molecule has 0 aliphatic carbocycles. The molecule has 0 amide bonds. The van der Waals surface area contributed by atoms with Gasteiger partial charge < -0.3 is 14.8 Å². The molecule has 3 aromatic carbocycles. The predicted molar refractivity (Wildman–Crippen MR) is 101 cm³/mol. The summed E-state index contributed by atoms with van der Waals surface area (Å²) < 4.78 is 11.3. The maximum absolute atomic E-state index is 5.88. The van der Waals surface area contributed by atoms with Gasteiger partial charge in [0.25, 0.3) is 0 Å². The monoisotopic (exact) mass is 333 g/mol. The van der Waals surface area contributed by atoms with E-state index in [9.17, 15) is 0 Å². The zero-order valence-corrected chi connectivity index (χ0v) is 14.4. The van der Waals surface area contributed by atoms with Gasteiger partial charge in [0.05, 0.1) is 7.11 Å². The van der Waals surface area contributed by atoms with E-state index in [2.05, 4.69) is 23.5 Å². The SMILES string of the molecule is COc1ccccc1CCNCc1cccc(Oc2ccccc2)c1. The fourth-order valence-corrected chi connectivity index (χ4v) is 2.71. The van der Waals surface area contributed by atoms with Crippen LogP contribution in [0.1, 0.15) is 11.1 Å². The van der Waals surface area contributed by atoms with Crippen molar-refractivity contribution in [2.24, 2.45) is 0 Å². The summed E-state index contributed by atoms with van der Waals surface area (Å²) in [5.74, 6) is 2.65. The highest BCUT2D eigenvalue weighted by Gasteiger charge is 2.02. The number of hydrogen-bond acceptors (Lipinski definition) is 3. The molecule has 128 valence electrons. The van der Waals surface area contributed by atoms with Crippen molar-refractivity contribution < 1.29 is 9.47 Å². The Kier molecular flexibility index (Phi) is 6.07. The molecule has 3 heteroatoms. The van der Waals surface area contributed by atoms with Crippen LogP contribution in [-0.2, 0) is 13.0 Å². The van der Waals surface area contributed by atoms with Crippen molar-refractivity contribution >= 4 is 0 Å². The van der Waals surface area contributed by atoms with Gasteiger partial charge in [-0.25, -0.2) is 0 Å². The summed E-state index contributed by atoms with van der Waals surface area (Å²) in [6.45, 7) is 1.70. The Hall–Kier alpha value is -2.78. The fourth-order valence-electron chi connectivity index (χ4n) is 2.71. The molecule has 0 atom stereocenters. The lowest BCUT2D eigenvalue weighted by molar-refractivity contribution is 0.409. The van der Waals surface area contributed by atoms with E-state index in [4.69, 9.17) is 9.47 Å². The van der Waals surface area contributed by atoms with Gasteiger partial charge in [0.15, 0.2) is 0 Å². The van der Waals surface area contributed by atoms with E-state index in [1.165, 1.54) is 11.1 Å². The first-order valence-corrected chi connectivity index (χ1v) is 8.49. The Morgan fingerprint density at radius 3 is 2.40 bits per heavy atom. The molecule has 3 rings (SSSR count). The molecular weight excluding hydrogens is 310 g/mol. The normalized spacial score (nSPS) is 10.4. The number of rotatable bonds is 8. The first-order valence-electron chi connectivity index (χ1n) is 8.49. The highest BCUT2D eigenvalue weighted by Crippen LogP contribution is 2.22. The number of ether oxygens (including phenoxy) is 2. The molecule has 0 radical (unpaired) electrons. The minimum atomic E-state index is 0.807. The zero-order valence-electron chi connectivity index (χ0n) is 14.4. The van der Waals surface area contributed by atoms with Gasteiger partial charge in [-0.1, -0.05) is 48.5 Å². The Balaban J connectivity index is 1.51. The molecule has 0 aliphatic heterocycles. The highest BCUT2D eigenvalue weighted by molar-refractivity contribution is 5.34. The summed E-state index contributed by atoms with van der Waals surface area (Å²) in [6.07, 6.45) is 0.935. The molecule has 3 nitrogen and oxygen atoms in total. The lowest BCUT2D eigenvalue weighted by Gasteiger charge is -2.10. The average Bonchev–Trinajstić information content (AvgIpc) is 2.67. The lowest BCUT2D eigenvalue weighted by Crippen LogP contribution is -2.16. The molecule has 0 saturated heterocycles. The van der Waals surface area contributed by atoms with E-state index in [0.29, 0.717) is 0 Å². The van der Waals surface area contributed by atoms with Gasteiger partial charge in [-0.15, -0.1) is 0 Å². The van der Waals surface area contributed by atoms with Gasteiger partial charge in [0.2, 0.25) is 0 Å². The molecule has 0 heterocycles. The maximum atomic E-state index is 5.88. The van der Waals surface area contributed by atoms with Crippen LogP contribution in [0.25, 0.3) is 0 Å². The van der Waals surface area contributed by atoms with E-state index in [0.717, 1.165) is 36.8 Å². The molecular formula is C22H23NO2. The summed E-state index contributed by atoms with van der Waals surface area (Å²) in [6, 6.07) is 26.2. The van der Waals surface area contributed by atoms with E-state index in [1.54, 1.807) is 7.11 Å². The van der Waals surface area contributed by atoms with Crippen molar-refractivity contribution in [1.29, 1.82) is 0 Å². The first-order chi connectivity index (χ1) is 12.3. The Morgan fingerprint density at radius 1 is 0.800 bits per heavy atom. The minimum Gasteiger partial charge on any atom is -0.496 e. The molecule has 0 aromatic heterocycles. The second-order valence-electron chi connectivity index (χ2n) is 5.80. The summed E-state index contributed by atoms with van der Waals surface area (Å²) in [5, 5.41) is 3.48. The van der Waals surface area contributed by atoms with Gasteiger partial charge in [0, 0.05) is 6.54 Å². The lowest BCUT2D eigenvalue weighted by atomic mass is 10.1. The van der Waals surface area contributed by atoms with Gasteiger partial charge >= 0.3 is 0 Å². The Morgan fingerprint density at radius 2 is 1.56 bits per heavy atom. The molecule has 25 heavy (non-hydrogen) atoms. The largest absolute Gasteiger partial charge is 0.496 e. The topological polar surface area (TPSA) is 30.5 Å². The van der Waals surface area contributed by atoms with Gasteiger partial charge in [-0.3, -0.25) is 0 Å². The smallest absolute Gasteiger partial charge is 0.127 e. The van der Waals surface area contributed by atoms with Crippen molar-refractivity contribution in [1.82, 2.24) is 5.32 Å². The third-order valence-corrected chi connectivity index (χ3v) is 3.97. The van der Waals surface area contributed by atoms with E-state index >= 15 is 0 Å². The van der Waals surface area contributed by atoms with Crippen LogP contribution in [0.3, 0.4) is 0 Å². The van der Waals surface area contributed by atoms with Crippen LogP contribution in [0.4, 0.5) is 0 Å². The summed E-state index contributed by atoms with van der Waals surface area (Å²) in [4.78, 5) is 0. The Bertz CT molecular complexity index is 787. The van der Waals surface area contributed by atoms with Gasteiger partial charge in [-0.2, -0.15) is 0 Å². The van der Waals surface area contributed by atoms with Crippen LogP contribution >= 0.6 is 0 Å². The van der Waals surface area contributed by atoms with Crippen molar-refractivity contribution in [2.75, 3.05) is 13.7 Å². The Labute approximate surface area is 149 Å². The first kappa shape index (κ1) is 17.1. The van der Waals surface area contributed by atoms with Crippen LogP contribution < -0.4 is 14.8 Å². The molecule has 3 aromatic rings. The van der Waals surface area contributed by atoms with Crippen LogP contribution in [0.5, 0.6) is 17.2 Å². The minimum absolute atomic E-state index is 0.807. The zero-order chi connectivity index (χ0) is 17.3. The van der Waals surface area contributed by atoms with E-state index in [-0.39, 0.29) is 0 Å². The third-order valence-electron chi connectivity index (χ3n) is 3.97. The number of para-hydroxylation sites is 2. The summed E-state index contributed by atoms with van der Waals surface area (Å²) in [5.41, 5.74) is 2.42. The average molecular weight is 333 g/mol. The van der Waals surface area contributed by atoms with E-state index < -0.39 is 0 Å². The molecule has 0 saturated carbocycles. The van der Waals surface area contributed by atoms with Crippen molar-refractivity contribution in [3.05, 3.63) is 90.0 Å². The molecule has 0 bridgehead atoms. The number of methoxy groups -OCH3 is 1. The fraction of sp³-hybridized carbons (Fsp3) is 0.182. The van der Waals surface area contributed by atoms with Crippen LogP contribution in [0, 0.1) is 0 Å². The predicted octanol–water partition coefficient (Wildman–Crippen LogP) is 4.82. The second kappa shape index (κ2) is 8.90. The van der Waals surface area contributed by atoms with Crippen LogP contribution in [-0.4, -0.2) is 13.7 Å². The van der Waals surface area contributed by atoms with Gasteiger partial charge in [-0.05, 0) is 54.4 Å². The van der Waals surface area contributed by atoms with Crippen LogP contribution in [0.15, 0.2) is 78.9 Å². The quantitative estimate of drug-likeness (QED) is 0.600. The van der Waals surface area contributed by atoms with Crippen molar-refractivity contribution in [2.45, 2.75) is 13.0 Å². The standard InChI is InChI=1S/C22H23NO2/c1-24-22-13-6-5-9-19(22)14-15-23-17-18-8-7-12-21(16-18)25-20-10-3-2-4-11-20/h2-13,16,23H,14-15,17H2,1H3. The number of benzene rings is 3. The highest BCUT2D eigenvalue weighted by atomic mass is 16.5. The van der Waals surface area contributed by atoms with Crippen LogP contribution in [0.2, 0.25) is 0 Å². The number of nitrogens with one attached hydrogen (secondary N) is 1. The molecule has 0 fully saturated rings. The van der Waals surface area contributed by atoms with Gasteiger partial charge in [0.1, 0.15) is 17.2 Å². The number of hydrogen-bond donors (Lipinski definition) is 1. The third kappa shape index (κ3) is 5.10. The maximum Gasteiger partial charge on any atom is 0.127 e. The van der Waals surface area contributed by atoms with E-state index in [1.807, 2.05) is 60.7 Å². The second-order valence-corrected chi connectivity index (χ2v) is 5.80. The molecule has 0 spiro atoms. The molecule has 0 aliphatic rings. The summed E-state index contributed by atoms with van der Waals surface area (Å²) in [7, 11) is 1.71. The molecule has 0 unspecified atom stereocenters.